The molecule has 0 saturated carbocycles. The smallest absolute Gasteiger partial charge is 0.123 e. The van der Waals surface area contributed by atoms with E-state index in [1.165, 1.54) is 23.3 Å². The zero-order chi connectivity index (χ0) is 15.4. The zero-order valence-electron chi connectivity index (χ0n) is 13.0. The Morgan fingerprint density at radius 1 is 1.27 bits per heavy atom. The van der Waals surface area contributed by atoms with E-state index >= 15 is 0 Å². The highest BCUT2D eigenvalue weighted by molar-refractivity contribution is 5.16. The molecule has 1 fully saturated rings. The average molecular weight is 302 g/mol. The Balaban J connectivity index is 1.42. The van der Waals surface area contributed by atoms with Gasteiger partial charge in [0.2, 0.25) is 0 Å². The number of aromatic nitrogens is 2. The Kier molecular flexibility index (Phi) is 4.85. The summed E-state index contributed by atoms with van der Waals surface area (Å²) in [6.45, 7) is 6.01. The third-order valence-electron chi connectivity index (χ3n) is 4.42. The molecule has 118 valence electrons. The second-order valence-corrected chi connectivity index (χ2v) is 6.08. The molecule has 0 aliphatic carbocycles. The molecule has 1 aliphatic rings. The molecule has 5 heteroatoms. The van der Waals surface area contributed by atoms with E-state index in [0.29, 0.717) is 6.04 Å². The first-order chi connectivity index (χ1) is 10.7. The fraction of sp³-hybridized carbons (Fsp3) is 0.471. The number of hydrogen-bond acceptors (Lipinski definition) is 3. The number of nitrogens with one attached hydrogen (secondary N) is 2. The van der Waals surface area contributed by atoms with Gasteiger partial charge in [-0.05, 0) is 50.6 Å². The van der Waals surface area contributed by atoms with Crippen LogP contribution in [0.15, 0.2) is 30.5 Å². The van der Waals surface area contributed by atoms with Crippen molar-refractivity contribution in [2.45, 2.75) is 38.9 Å². The van der Waals surface area contributed by atoms with Crippen molar-refractivity contribution in [3.8, 4) is 0 Å². The molecule has 1 aromatic carbocycles. The van der Waals surface area contributed by atoms with Gasteiger partial charge in [0.25, 0.3) is 0 Å². The topological polar surface area (TPSA) is 44.0 Å². The lowest BCUT2D eigenvalue weighted by molar-refractivity contribution is 0.190. The molecule has 2 aromatic rings. The van der Waals surface area contributed by atoms with Crippen LogP contribution in [-0.2, 0) is 13.1 Å². The predicted molar refractivity (Wildman–Crippen MR) is 84.9 cm³/mol. The van der Waals surface area contributed by atoms with Gasteiger partial charge in [0.05, 0.1) is 6.20 Å². The quantitative estimate of drug-likeness (QED) is 0.892. The summed E-state index contributed by atoms with van der Waals surface area (Å²) in [7, 11) is 0. The van der Waals surface area contributed by atoms with Crippen molar-refractivity contribution in [3.05, 3.63) is 53.1 Å². The van der Waals surface area contributed by atoms with Gasteiger partial charge in [-0.25, -0.2) is 4.39 Å². The number of rotatable bonds is 5. The lowest BCUT2D eigenvalue weighted by Crippen LogP contribution is -2.41. The van der Waals surface area contributed by atoms with Gasteiger partial charge in [0, 0.05) is 30.4 Å². The van der Waals surface area contributed by atoms with Crippen LogP contribution in [0.2, 0.25) is 0 Å². The maximum Gasteiger partial charge on any atom is 0.123 e. The minimum absolute atomic E-state index is 0.166. The van der Waals surface area contributed by atoms with Crippen molar-refractivity contribution < 1.29 is 4.39 Å². The van der Waals surface area contributed by atoms with E-state index in [0.717, 1.165) is 44.7 Å². The molecule has 0 bridgehead atoms. The molecule has 1 aromatic heterocycles. The van der Waals surface area contributed by atoms with Crippen molar-refractivity contribution >= 4 is 0 Å². The standard InChI is InChI=1S/C17H23FN4/c1-13-15(11-20-21-13)10-19-17-6-8-22(9-7-17)12-14-2-4-16(18)5-3-14/h2-5,11,17,19H,6-10,12H2,1H3,(H,20,21). The summed E-state index contributed by atoms with van der Waals surface area (Å²) in [4.78, 5) is 2.44. The Bertz CT molecular complexity index is 585. The van der Waals surface area contributed by atoms with Gasteiger partial charge >= 0.3 is 0 Å². The van der Waals surface area contributed by atoms with Crippen LogP contribution in [0.4, 0.5) is 4.39 Å². The van der Waals surface area contributed by atoms with Crippen LogP contribution in [0.5, 0.6) is 0 Å². The van der Waals surface area contributed by atoms with Gasteiger partial charge in [0.1, 0.15) is 5.82 Å². The molecule has 2 heterocycles. The fourth-order valence-electron chi connectivity index (χ4n) is 2.95. The average Bonchev–Trinajstić information content (AvgIpc) is 2.94. The summed E-state index contributed by atoms with van der Waals surface area (Å²) < 4.78 is 12.9. The molecular weight excluding hydrogens is 279 g/mol. The summed E-state index contributed by atoms with van der Waals surface area (Å²) >= 11 is 0. The Morgan fingerprint density at radius 3 is 2.64 bits per heavy atom. The van der Waals surface area contributed by atoms with Gasteiger partial charge in [-0.1, -0.05) is 12.1 Å². The van der Waals surface area contributed by atoms with Gasteiger partial charge in [-0.3, -0.25) is 10.00 Å². The molecule has 22 heavy (non-hydrogen) atoms. The summed E-state index contributed by atoms with van der Waals surface area (Å²) in [5, 5.41) is 10.6. The van der Waals surface area contributed by atoms with Crippen LogP contribution in [0, 0.1) is 12.7 Å². The SMILES string of the molecule is Cc1[nH]ncc1CNC1CCN(Cc2ccc(F)cc2)CC1. The van der Waals surface area contributed by atoms with Crippen molar-refractivity contribution in [2.24, 2.45) is 0 Å². The second-order valence-electron chi connectivity index (χ2n) is 6.08. The van der Waals surface area contributed by atoms with Crippen LogP contribution >= 0.6 is 0 Å². The molecule has 0 unspecified atom stereocenters. The number of halogens is 1. The third kappa shape index (κ3) is 3.93. The minimum atomic E-state index is -0.166. The highest BCUT2D eigenvalue weighted by atomic mass is 19.1. The molecule has 1 aliphatic heterocycles. The van der Waals surface area contributed by atoms with Crippen LogP contribution in [0.25, 0.3) is 0 Å². The summed E-state index contributed by atoms with van der Waals surface area (Å²) in [6.07, 6.45) is 4.20. The number of nitrogens with zero attached hydrogens (tertiary/aromatic N) is 2. The largest absolute Gasteiger partial charge is 0.310 e. The van der Waals surface area contributed by atoms with Crippen LogP contribution < -0.4 is 5.32 Å². The van der Waals surface area contributed by atoms with E-state index in [-0.39, 0.29) is 5.82 Å². The first-order valence-corrected chi connectivity index (χ1v) is 7.90. The van der Waals surface area contributed by atoms with Gasteiger partial charge in [0.15, 0.2) is 0 Å². The lowest BCUT2D eigenvalue weighted by Gasteiger charge is -2.32. The maximum absolute atomic E-state index is 12.9. The monoisotopic (exact) mass is 302 g/mol. The van der Waals surface area contributed by atoms with Crippen LogP contribution in [-0.4, -0.2) is 34.2 Å². The molecule has 0 atom stereocenters. The number of likely N-dealkylation sites (tertiary alicyclic amines) is 1. The van der Waals surface area contributed by atoms with Crippen molar-refractivity contribution in [1.29, 1.82) is 0 Å². The first kappa shape index (κ1) is 15.2. The van der Waals surface area contributed by atoms with E-state index in [4.69, 9.17) is 0 Å². The highest BCUT2D eigenvalue weighted by Crippen LogP contribution is 2.15. The summed E-state index contributed by atoms with van der Waals surface area (Å²) in [6, 6.07) is 7.40. The Morgan fingerprint density at radius 2 is 2.00 bits per heavy atom. The van der Waals surface area contributed by atoms with Crippen molar-refractivity contribution in [3.63, 3.8) is 0 Å². The lowest BCUT2D eigenvalue weighted by atomic mass is 10.0. The van der Waals surface area contributed by atoms with Crippen LogP contribution in [0.3, 0.4) is 0 Å². The minimum Gasteiger partial charge on any atom is -0.310 e. The van der Waals surface area contributed by atoms with Gasteiger partial charge < -0.3 is 5.32 Å². The zero-order valence-corrected chi connectivity index (χ0v) is 13.0. The highest BCUT2D eigenvalue weighted by Gasteiger charge is 2.19. The molecule has 1 saturated heterocycles. The summed E-state index contributed by atoms with van der Waals surface area (Å²) in [5.74, 6) is -0.166. The maximum atomic E-state index is 12.9. The normalized spacial score (nSPS) is 17.0. The van der Waals surface area contributed by atoms with E-state index < -0.39 is 0 Å². The Hall–Kier alpha value is -1.72. The molecule has 0 spiro atoms. The predicted octanol–water partition coefficient (Wildman–Crippen LogP) is 2.61. The Labute approximate surface area is 130 Å². The van der Waals surface area contributed by atoms with E-state index in [1.807, 2.05) is 18.3 Å². The van der Waals surface area contributed by atoms with Gasteiger partial charge in [-0.2, -0.15) is 5.10 Å². The number of H-pyrrole nitrogens is 1. The number of hydrogen-bond donors (Lipinski definition) is 2. The van der Waals surface area contributed by atoms with Gasteiger partial charge in [-0.15, -0.1) is 0 Å². The number of benzene rings is 1. The molecule has 4 nitrogen and oxygen atoms in total. The molecule has 0 amide bonds. The molecule has 3 rings (SSSR count). The third-order valence-corrected chi connectivity index (χ3v) is 4.42. The fourth-order valence-corrected chi connectivity index (χ4v) is 2.95. The molecule has 0 radical (unpaired) electrons. The number of aromatic amines is 1. The second kappa shape index (κ2) is 7.03. The van der Waals surface area contributed by atoms with Crippen molar-refractivity contribution in [1.82, 2.24) is 20.4 Å². The van der Waals surface area contributed by atoms with E-state index in [9.17, 15) is 4.39 Å². The van der Waals surface area contributed by atoms with E-state index in [1.54, 1.807) is 0 Å². The molecular formula is C17H23FN4. The first-order valence-electron chi connectivity index (χ1n) is 7.90. The number of piperidine rings is 1. The van der Waals surface area contributed by atoms with Crippen LogP contribution in [0.1, 0.15) is 29.7 Å². The molecule has 2 N–H and O–H groups in total. The van der Waals surface area contributed by atoms with E-state index in [2.05, 4.69) is 27.3 Å². The number of aryl methyl sites for hydroxylation is 1. The van der Waals surface area contributed by atoms with Crippen molar-refractivity contribution in [2.75, 3.05) is 13.1 Å². The summed E-state index contributed by atoms with van der Waals surface area (Å²) in [5.41, 5.74) is 3.57.